The number of amides is 1. The number of nitrogens with one attached hydrogen (secondary N) is 1. The normalized spacial score (nSPS) is 12.0. The fourth-order valence-electron chi connectivity index (χ4n) is 2.35. The molecule has 0 atom stereocenters. The summed E-state index contributed by atoms with van der Waals surface area (Å²) >= 11 is 0. The Morgan fingerprint density at radius 3 is 1.67 bits per heavy atom. The van der Waals surface area contributed by atoms with Crippen molar-refractivity contribution in [2.24, 2.45) is 0 Å². The van der Waals surface area contributed by atoms with E-state index in [9.17, 15) is 4.79 Å². The van der Waals surface area contributed by atoms with Crippen LogP contribution in [0.5, 0.6) is 0 Å². The first-order chi connectivity index (χ1) is 9.84. The van der Waals surface area contributed by atoms with Crippen molar-refractivity contribution >= 4 is 5.91 Å². The van der Waals surface area contributed by atoms with Gasteiger partial charge in [-0.05, 0) is 38.8 Å². The van der Waals surface area contributed by atoms with Crippen molar-refractivity contribution in [3.63, 3.8) is 0 Å². The lowest BCUT2D eigenvalue weighted by Crippen LogP contribution is -2.48. The van der Waals surface area contributed by atoms with Crippen LogP contribution in [-0.4, -0.2) is 5.91 Å². The smallest absolute Gasteiger partial charge is 0.230 e. The van der Waals surface area contributed by atoms with Crippen molar-refractivity contribution in [1.29, 1.82) is 0 Å². The van der Waals surface area contributed by atoms with Gasteiger partial charge in [0.1, 0.15) is 0 Å². The molecule has 0 spiro atoms. The molecule has 0 fully saturated rings. The summed E-state index contributed by atoms with van der Waals surface area (Å²) < 4.78 is 0. The third kappa shape index (κ3) is 3.33. The molecule has 0 bridgehead atoms. The Hall–Kier alpha value is -2.09. The molecule has 0 saturated heterocycles. The van der Waals surface area contributed by atoms with Gasteiger partial charge < -0.3 is 5.32 Å². The van der Waals surface area contributed by atoms with Gasteiger partial charge in [0.15, 0.2) is 0 Å². The third-order valence-corrected chi connectivity index (χ3v) is 3.98. The topological polar surface area (TPSA) is 29.1 Å². The Morgan fingerprint density at radius 2 is 1.19 bits per heavy atom. The summed E-state index contributed by atoms with van der Waals surface area (Å²) in [7, 11) is 0. The summed E-state index contributed by atoms with van der Waals surface area (Å²) in [5.41, 5.74) is 1.16. The fraction of sp³-hybridized carbons (Fsp3) is 0.316. The summed E-state index contributed by atoms with van der Waals surface area (Å²) in [4.78, 5) is 12.7. The summed E-state index contributed by atoms with van der Waals surface area (Å²) in [6, 6.07) is 19.9. The number of benzene rings is 2. The maximum absolute atomic E-state index is 12.7. The number of hydrogen-bond acceptors (Lipinski definition) is 1. The van der Waals surface area contributed by atoms with Gasteiger partial charge in [-0.1, -0.05) is 60.7 Å². The molecular formula is C19H23NO. The second-order valence-corrected chi connectivity index (χ2v) is 6.44. The van der Waals surface area contributed by atoms with Gasteiger partial charge in [0.25, 0.3) is 0 Å². The average molecular weight is 281 g/mol. The highest BCUT2D eigenvalue weighted by atomic mass is 16.2. The van der Waals surface area contributed by atoms with Gasteiger partial charge in [-0.25, -0.2) is 0 Å². The summed E-state index contributed by atoms with van der Waals surface area (Å²) in [6.07, 6.45) is 0. The number of carbonyl (C=O) groups excluding carboxylic acids is 1. The first-order valence-electron chi connectivity index (χ1n) is 7.28. The van der Waals surface area contributed by atoms with Crippen molar-refractivity contribution in [2.75, 3.05) is 0 Å². The van der Waals surface area contributed by atoms with Crippen LogP contribution >= 0.6 is 0 Å². The van der Waals surface area contributed by atoms with Crippen LogP contribution < -0.4 is 5.32 Å². The number of carbonyl (C=O) groups is 1. The molecule has 0 radical (unpaired) electrons. The molecule has 1 N–H and O–H groups in total. The molecule has 2 aromatic rings. The largest absolute Gasteiger partial charge is 0.346 e. The van der Waals surface area contributed by atoms with E-state index in [1.807, 2.05) is 88.4 Å². The first-order valence-corrected chi connectivity index (χ1v) is 7.28. The maximum atomic E-state index is 12.7. The second-order valence-electron chi connectivity index (χ2n) is 6.44. The van der Waals surface area contributed by atoms with Crippen molar-refractivity contribution in [2.45, 2.75) is 38.6 Å². The molecule has 0 saturated carbocycles. The van der Waals surface area contributed by atoms with E-state index < -0.39 is 11.0 Å². The fourth-order valence-corrected chi connectivity index (χ4v) is 2.35. The maximum Gasteiger partial charge on any atom is 0.230 e. The van der Waals surface area contributed by atoms with Gasteiger partial charge in [-0.15, -0.1) is 0 Å². The van der Waals surface area contributed by atoms with Crippen LogP contribution in [0.4, 0.5) is 0 Å². The van der Waals surface area contributed by atoms with Crippen LogP contribution in [0.25, 0.3) is 0 Å². The molecule has 2 rings (SSSR count). The van der Waals surface area contributed by atoms with Crippen molar-refractivity contribution < 1.29 is 4.79 Å². The van der Waals surface area contributed by atoms with Gasteiger partial charge in [0.2, 0.25) is 5.91 Å². The molecule has 2 heteroatoms. The number of rotatable bonds is 4. The molecule has 110 valence electrons. The molecule has 0 unspecified atom stereocenters. The van der Waals surface area contributed by atoms with Crippen molar-refractivity contribution in [1.82, 2.24) is 5.32 Å². The molecular weight excluding hydrogens is 258 g/mol. The van der Waals surface area contributed by atoms with Gasteiger partial charge >= 0.3 is 0 Å². The van der Waals surface area contributed by atoms with Crippen molar-refractivity contribution in [3.8, 4) is 0 Å². The van der Waals surface area contributed by atoms with Crippen LogP contribution in [0.1, 0.15) is 38.8 Å². The SMILES string of the molecule is CC(C)(NC(=O)C(C)(C)c1ccccc1)c1ccccc1. The Bertz CT molecular complexity index is 600. The minimum Gasteiger partial charge on any atom is -0.346 e. The second kappa shape index (κ2) is 5.72. The van der Waals surface area contributed by atoms with Gasteiger partial charge in [-0.3, -0.25) is 4.79 Å². The van der Waals surface area contributed by atoms with Gasteiger partial charge in [-0.2, -0.15) is 0 Å². The van der Waals surface area contributed by atoms with E-state index in [4.69, 9.17) is 0 Å². The summed E-state index contributed by atoms with van der Waals surface area (Å²) in [6.45, 7) is 7.97. The van der Waals surface area contributed by atoms with E-state index in [1.54, 1.807) is 0 Å². The van der Waals surface area contributed by atoms with Crippen LogP contribution in [0.15, 0.2) is 60.7 Å². The van der Waals surface area contributed by atoms with Crippen LogP contribution in [0.2, 0.25) is 0 Å². The van der Waals surface area contributed by atoms with Crippen LogP contribution in [0.3, 0.4) is 0 Å². The zero-order valence-corrected chi connectivity index (χ0v) is 13.2. The van der Waals surface area contributed by atoms with E-state index in [0.29, 0.717) is 0 Å². The quantitative estimate of drug-likeness (QED) is 0.901. The minimum atomic E-state index is -0.562. The lowest BCUT2D eigenvalue weighted by atomic mass is 9.82. The lowest BCUT2D eigenvalue weighted by Gasteiger charge is -2.32. The van der Waals surface area contributed by atoms with E-state index in [-0.39, 0.29) is 5.91 Å². The Balaban J connectivity index is 2.21. The first kappa shape index (κ1) is 15.3. The predicted molar refractivity (Wildman–Crippen MR) is 87.1 cm³/mol. The van der Waals surface area contributed by atoms with E-state index in [0.717, 1.165) is 11.1 Å². The van der Waals surface area contributed by atoms with Gasteiger partial charge in [0.05, 0.1) is 11.0 Å². The van der Waals surface area contributed by atoms with E-state index in [1.165, 1.54) is 0 Å². The standard InChI is InChI=1S/C19H23NO/c1-18(2,15-11-7-5-8-12-15)17(21)20-19(3,4)16-13-9-6-10-14-16/h5-14H,1-4H3,(H,20,21). The molecule has 0 aliphatic heterocycles. The highest BCUT2D eigenvalue weighted by Gasteiger charge is 2.33. The monoisotopic (exact) mass is 281 g/mol. The van der Waals surface area contributed by atoms with E-state index >= 15 is 0 Å². The molecule has 0 aromatic heterocycles. The third-order valence-electron chi connectivity index (χ3n) is 3.98. The van der Waals surface area contributed by atoms with Gasteiger partial charge in [0, 0.05) is 0 Å². The van der Waals surface area contributed by atoms with Crippen molar-refractivity contribution in [3.05, 3.63) is 71.8 Å². The summed E-state index contributed by atoms with van der Waals surface area (Å²) in [5.74, 6) is 0.0301. The minimum absolute atomic E-state index is 0.0301. The Kier molecular flexibility index (Phi) is 4.17. The molecule has 0 aliphatic rings. The highest BCUT2D eigenvalue weighted by molar-refractivity contribution is 5.88. The van der Waals surface area contributed by atoms with E-state index in [2.05, 4.69) is 5.32 Å². The number of hydrogen-bond donors (Lipinski definition) is 1. The Morgan fingerprint density at radius 1 is 0.762 bits per heavy atom. The zero-order chi connectivity index (χ0) is 15.5. The Labute approximate surface area is 127 Å². The molecule has 2 aromatic carbocycles. The zero-order valence-electron chi connectivity index (χ0n) is 13.2. The molecule has 21 heavy (non-hydrogen) atoms. The molecule has 0 aliphatic carbocycles. The summed E-state index contributed by atoms with van der Waals surface area (Å²) in [5, 5.41) is 3.17. The van der Waals surface area contributed by atoms with Crippen LogP contribution in [-0.2, 0) is 15.7 Å². The highest BCUT2D eigenvalue weighted by Crippen LogP contribution is 2.26. The molecule has 0 heterocycles. The van der Waals surface area contributed by atoms with Crippen LogP contribution in [0, 0.1) is 0 Å². The molecule has 1 amide bonds. The predicted octanol–water partition coefficient (Wildman–Crippen LogP) is 4.02. The average Bonchev–Trinajstić information content (AvgIpc) is 2.48. The molecule has 2 nitrogen and oxygen atoms in total. The lowest BCUT2D eigenvalue weighted by molar-refractivity contribution is -0.127.